The highest BCUT2D eigenvalue weighted by Gasteiger charge is 1.80. The van der Waals surface area contributed by atoms with Crippen molar-refractivity contribution in [3.05, 3.63) is 23.8 Å². The highest BCUT2D eigenvalue weighted by Crippen LogP contribution is 2.01. The zero-order valence-electron chi connectivity index (χ0n) is 7.35. The molecule has 0 aromatic heterocycles. The van der Waals surface area contributed by atoms with Crippen molar-refractivity contribution in [1.29, 1.82) is 0 Å². The Bertz CT molecular complexity index is 118. The molecule has 0 atom stereocenters. The van der Waals surface area contributed by atoms with Crippen LogP contribution in [0.25, 0.3) is 0 Å². The molecule has 0 saturated carbocycles. The summed E-state index contributed by atoms with van der Waals surface area (Å²) in [6.45, 7) is 6.42. The lowest BCUT2D eigenvalue weighted by atomic mass is 10.2. The Morgan fingerprint density at radius 2 is 2.10 bits per heavy atom. The quantitative estimate of drug-likeness (QED) is 0.410. The van der Waals surface area contributed by atoms with Crippen LogP contribution in [0.15, 0.2) is 23.8 Å². The molecule has 0 aliphatic rings. The Morgan fingerprint density at radius 3 is 2.60 bits per heavy atom. The summed E-state index contributed by atoms with van der Waals surface area (Å²) in [6, 6.07) is 0. The molecule has 0 aliphatic carbocycles. The molecule has 0 saturated heterocycles. The second kappa shape index (κ2) is 6.60. The highest BCUT2D eigenvalue weighted by molar-refractivity contribution is 5.14. The van der Waals surface area contributed by atoms with Crippen LogP contribution in [0.3, 0.4) is 0 Å². The minimum atomic E-state index is 1.23. The summed E-state index contributed by atoms with van der Waals surface area (Å²) in [5.41, 5.74) is 1.39. The van der Waals surface area contributed by atoms with Crippen LogP contribution >= 0.6 is 0 Å². The van der Waals surface area contributed by atoms with Crippen molar-refractivity contribution < 1.29 is 0 Å². The van der Waals surface area contributed by atoms with Gasteiger partial charge in [-0.05, 0) is 20.3 Å². The molecule has 0 radical (unpaired) electrons. The van der Waals surface area contributed by atoms with Crippen LogP contribution in [0.1, 0.15) is 40.0 Å². The number of unbranched alkanes of at least 4 members (excludes halogenated alkanes) is 2. The predicted molar refractivity (Wildman–Crippen MR) is 48.1 cm³/mol. The summed E-state index contributed by atoms with van der Waals surface area (Å²) >= 11 is 0. The molecule has 0 heterocycles. The van der Waals surface area contributed by atoms with Crippen LogP contribution in [0, 0.1) is 0 Å². The lowest BCUT2D eigenvalue weighted by molar-refractivity contribution is 0.812. The van der Waals surface area contributed by atoms with Crippen molar-refractivity contribution in [2.75, 3.05) is 0 Å². The van der Waals surface area contributed by atoms with Gasteiger partial charge in [0, 0.05) is 0 Å². The molecule has 0 fully saturated rings. The van der Waals surface area contributed by atoms with Gasteiger partial charge in [0.1, 0.15) is 0 Å². The largest absolute Gasteiger partial charge is 0.0874 e. The van der Waals surface area contributed by atoms with E-state index in [1.165, 1.54) is 24.8 Å². The van der Waals surface area contributed by atoms with E-state index in [1.807, 2.05) is 0 Å². The van der Waals surface area contributed by atoms with Gasteiger partial charge in [0.05, 0.1) is 0 Å². The molecule has 0 amide bonds. The van der Waals surface area contributed by atoms with Crippen molar-refractivity contribution in [2.24, 2.45) is 0 Å². The van der Waals surface area contributed by atoms with Gasteiger partial charge in [0.25, 0.3) is 0 Å². The van der Waals surface area contributed by atoms with E-state index < -0.39 is 0 Å². The van der Waals surface area contributed by atoms with Crippen LogP contribution in [-0.2, 0) is 0 Å². The van der Waals surface area contributed by atoms with E-state index in [4.69, 9.17) is 0 Å². The first kappa shape index (κ1) is 9.48. The van der Waals surface area contributed by atoms with E-state index in [2.05, 4.69) is 39.0 Å². The van der Waals surface area contributed by atoms with Gasteiger partial charge in [-0.3, -0.25) is 0 Å². The zero-order valence-corrected chi connectivity index (χ0v) is 7.35. The Morgan fingerprint density at radius 1 is 1.40 bits per heavy atom. The molecule has 0 aromatic carbocycles. The second-order valence-electron chi connectivity index (χ2n) is 2.59. The normalized spacial score (nSPS) is 12.9. The van der Waals surface area contributed by atoms with Gasteiger partial charge in [0.2, 0.25) is 0 Å². The van der Waals surface area contributed by atoms with Gasteiger partial charge in [0.15, 0.2) is 0 Å². The van der Waals surface area contributed by atoms with Gasteiger partial charge in [-0.25, -0.2) is 0 Å². The van der Waals surface area contributed by atoms with Crippen LogP contribution in [-0.4, -0.2) is 0 Å². The summed E-state index contributed by atoms with van der Waals surface area (Å²) in [5.74, 6) is 0. The first-order valence-corrected chi connectivity index (χ1v) is 4.10. The number of rotatable bonds is 4. The van der Waals surface area contributed by atoms with Crippen LogP contribution in [0.4, 0.5) is 0 Å². The topological polar surface area (TPSA) is 0 Å². The molecule has 10 heavy (non-hydrogen) atoms. The van der Waals surface area contributed by atoms with Crippen LogP contribution < -0.4 is 0 Å². The molecule has 0 spiro atoms. The summed E-state index contributed by atoms with van der Waals surface area (Å²) in [7, 11) is 0. The Labute approximate surface area is 64.6 Å². The third kappa shape index (κ3) is 5.61. The Hall–Kier alpha value is -0.520. The monoisotopic (exact) mass is 138 g/mol. The molecular weight excluding hydrogens is 120 g/mol. The van der Waals surface area contributed by atoms with Gasteiger partial charge >= 0.3 is 0 Å². The number of hydrogen-bond acceptors (Lipinski definition) is 0. The lowest BCUT2D eigenvalue weighted by Crippen LogP contribution is -1.70. The average molecular weight is 138 g/mol. The van der Waals surface area contributed by atoms with Crippen LogP contribution in [0.5, 0.6) is 0 Å². The fourth-order valence-corrected chi connectivity index (χ4v) is 0.865. The summed E-state index contributed by atoms with van der Waals surface area (Å²) in [6.07, 6.45) is 10.4. The Kier molecular flexibility index (Phi) is 6.25. The van der Waals surface area contributed by atoms with Crippen LogP contribution in [0.2, 0.25) is 0 Å². The van der Waals surface area contributed by atoms with E-state index in [1.54, 1.807) is 0 Å². The SMILES string of the molecule is CC=CC(C)=CCCCC. The molecule has 0 aromatic rings. The van der Waals surface area contributed by atoms with Gasteiger partial charge < -0.3 is 0 Å². The Balaban J connectivity index is 3.47. The average Bonchev–Trinajstić information content (AvgIpc) is 1.89. The minimum absolute atomic E-state index is 1.23. The first-order chi connectivity index (χ1) is 4.81. The number of allylic oxidation sites excluding steroid dienone is 4. The zero-order chi connectivity index (χ0) is 7.82. The van der Waals surface area contributed by atoms with E-state index >= 15 is 0 Å². The number of hydrogen-bond donors (Lipinski definition) is 0. The predicted octanol–water partition coefficient (Wildman–Crippen LogP) is 3.70. The van der Waals surface area contributed by atoms with Gasteiger partial charge in [-0.15, -0.1) is 0 Å². The van der Waals surface area contributed by atoms with Crippen molar-refractivity contribution >= 4 is 0 Å². The van der Waals surface area contributed by atoms with E-state index in [0.29, 0.717) is 0 Å². The van der Waals surface area contributed by atoms with E-state index in [9.17, 15) is 0 Å². The van der Waals surface area contributed by atoms with E-state index in [-0.39, 0.29) is 0 Å². The molecule has 58 valence electrons. The fourth-order valence-electron chi connectivity index (χ4n) is 0.865. The molecule has 0 aliphatic heterocycles. The summed E-state index contributed by atoms with van der Waals surface area (Å²) < 4.78 is 0. The van der Waals surface area contributed by atoms with E-state index in [0.717, 1.165) is 0 Å². The minimum Gasteiger partial charge on any atom is -0.0874 e. The first-order valence-electron chi connectivity index (χ1n) is 4.10. The summed E-state index contributed by atoms with van der Waals surface area (Å²) in [4.78, 5) is 0. The molecule has 0 unspecified atom stereocenters. The molecule has 0 heteroatoms. The second-order valence-corrected chi connectivity index (χ2v) is 2.59. The van der Waals surface area contributed by atoms with Crippen molar-refractivity contribution in [2.45, 2.75) is 40.0 Å². The van der Waals surface area contributed by atoms with Crippen molar-refractivity contribution in [1.82, 2.24) is 0 Å². The molecule has 0 N–H and O–H groups in total. The molecule has 0 rings (SSSR count). The lowest BCUT2D eigenvalue weighted by Gasteiger charge is -1.91. The van der Waals surface area contributed by atoms with Gasteiger partial charge in [-0.1, -0.05) is 43.6 Å². The maximum absolute atomic E-state index is 2.30. The maximum atomic E-state index is 2.30. The third-order valence-electron chi connectivity index (χ3n) is 1.45. The standard InChI is InChI=1S/C10H18/c1-4-6-7-9-10(3)8-5-2/h5,8-9H,4,6-7H2,1-3H3. The van der Waals surface area contributed by atoms with Crippen molar-refractivity contribution in [3.63, 3.8) is 0 Å². The third-order valence-corrected chi connectivity index (χ3v) is 1.45. The smallest absolute Gasteiger partial charge is 0.0345 e. The fraction of sp³-hybridized carbons (Fsp3) is 0.600. The molecular formula is C10H18. The molecule has 0 nitrogen and oxygen atoms in total. The summed E-state index contributed by atoms with van der Waals surface area (Å²) in [5, 5.41) is 0. The molecule has 0 bridgehead atoms. The van der Waals surface area contributed by atoms with Gasteiger partial charge in [-0.2, -0.15) is 0 Å². The van der Waals surface area contributed by atoms with Crippen molar-refractivity contribution in [3.8, 4) is 0 Å². The maximum Gasteiger partial charge on any atom is -0.0345 e. The highest BCUT2D eigenvalue weighted by atomic mass is 13.9.